The molecule has 2 heterocycles. The molecule has 0 radical (unpaired) electrons. The average molecular weight is 271 g/mol. The number of hydrogen-bond donors (Lipinski definition) is 0. The zero-order chi connectivity index (χ0) is 10.8. The van der Waals surface area contributed by atoms with Gasteiger partial charge in [0.15, 0.2) is 0 Å². The van der Waals surface area contributed by atoms with Crippen molar-refractivity contribution in [2.75, 3.05) is 18.6 Å². The molecule has 5 heteroatoms. The molecule has 1 unspecified atom stereocenters. The molecule has 80 valence electrons. The fourth-order valence-electron chi connectivity index (χ4n) is 1.54. The van der Waals surface area contributed by atoms with Crippen LogP contribution >= 0.6 is 15.9 Å². The van der Waals surface area contributed by atoms with E-state index in [1.165, 1.54) is 0 Å². The Morgan fingerprint density at radius 3 is 2.87 bits per heavy atom. The van der Waals surface area contributed by atoms with E-state index in [1.54, 1.807) is 30.3 Å². The van der Waals surface area contributed by atoms with Gasteiger partial charge in [-0.15, -0.1) is 0 Å². The Morgan fingerprint density at radius 2 is 2.40 bits per heavy atom. The minimum atomic E-state index is 0.106. The predicted molar refractivity (Wildman–Crippen MR) is 60.5 cm³/mol. The fourth-order valence-corrected chi connectivity index (χ4v) is 2.10. The minimum absolute atomic E-state index is 0.106. The molecule has 1 aromatic heterocycles. The molecule has 15 heavy (non-hydrogen) atoms. The van der Waals surface area contributed by atoms with Crippen LogP contribution < -0.4 is 9.64 Å². The zero-order valence-corrected chi connectivity index (χ0v) is 9.90. The molecular formula is C10H11BrN2O2. The lowest BCUT2D eigenvalue weighted by Gasteiger charge is -2.14. The summed E-state index contributed by atoms with van der Waals surface area (Å²) >= 11 is 3.43. The van der Waals surface area contributed by atoms with Crippen LogP contribution in [0.4, 0.5) is 5.82 Å². The first-order valence-corrected chi connectivity index (χ1v) is 5.57. The smallest absolute Gasteiger partial charge is 0.229 e. The van der Waals surface area contributed by atoms with Crippen LogP contribution in [0.1, 0.15) is 6.42 Å². The van der Waals surface area contributed by atoms with E-state index in [9.17, 15) is 4.79 Å². The lowest BCUT2D eigenvalue weighted by molar-refractivity contribution is -0.117. The number of halogens is 1. The van der Waals surface area contributed by atoms with Crippen molar-refractivity contribution in [1.29, 1.82) is 0 Å². The number of nitrogens with zero attached hydrogens (tertiary/aromatic N) is 2. The number of pyridine rings is 1. The maximum atomic E-state index is 11.6. The van der Waals surface area contributed by atoms with E-state index >= 15 is 0 Å². The fraction of sp³-hybridized carbons (Fsp3) is 0.400. The Bertz CT molecular complexity index is 366. The molecule has 0 aliphatic carbocycles. The largest absolute Gasteiger partial charge is 0.495 e. The first kappa shape index (κ1) is 10.4. The topological polar surface area (TPSA) is 42.4 Å². The van der Waals surface area contributed by atoms with Crippen molar-refractivity contribution in [1.82, 2.24) is 4.98 Å². The number of ether oxygens (including phenoxy) is 1. The van der Waals surface area contributed by atoms with Gasteiger partial charge in [0.1, 0.15) is 11.6 Å². The third-order valence-corrected chi connectivity index (χ3v) is 2.92. The Balaban J connectivity index is 2.19. The normalized spacial score (nSPS) is 20.8. The molecule has 0 bridgehead atoms. The maximum absolute atomic E-state index is 11.6. The summed E-state index contributed by atoms with van der Waals surface area (Å²) in [6.45, 7) is 0.679. The van der Waals surface area contributed by atoms with Crippen LogP contribution in [0.25, 0.3) is 0 Å². The van der Waals surface area contributed by atoms with Crippen LogP contribution in [-0.4, -0.2) is 29.4 Å². The highest BCUT2D eigenvalue weighted by Crippen LogP contribution is 2.24. The van der Waals surface area contributed by atoms with Crippen molar-refractivity contribution in [3.63, 3.8) is 0 Å². The highest BCUT2D eigenvalue weighted by atomic mass is 79.9. The Labute approximate surface area is 96.4 Å². The van der Waals surface area contributed by atoms with Crippen molar-refractivity contribution in [3.8, 4) is 5.75 Å². The number of hydrogen-bond acceptors (Lipinski definition) is 3. The summed E-state index contributed by atoms with van der Waals surface area (Å²) in [5.41, 5.74) is 0. The SMILES string of the molecule is COc1ccc(N2CC(Br)CC2=O)nc1. The predicted octanol–water partition coefficient (Wildman–Crippen LogP) is 1.59. The summed E-state index contributed by atoms with van der Waals surface area (Å²) in [6.07, 6.45) is 2.15. The molecule has 0 saturated carbocycles. The summed E-state index contributed by atoms with van der Waals surface area (Å²) in [5.74, 6) is 1.48. The van der Waals surface area contributed by atoms with Crippen molar-refractivity contribution in [2.45, 2.75) is 11.2 Å². The lowest BCUT2D eigenvalue weighted by Crippen LogP contribution is -2.25. The van der Waals surface area contributed by atoms with Gasteiger partial charge in [0.25, 0.3) is 0 Å². The molecule has 1 aliphatic rings. The van der Waals surface area contributed by atoms with Crippen molar-refractivity contribution < 1.29 is 9.53 Å². The van der Waals surface area contributed by atoms with E-state index in [1.807, 2.05) is 0 Å². The van der Waals surface area contributed by atoms with Crippen LogP contribution in [0.2, 0.25) is 0 Å². The van der Waals surface area contributed by atoms with Gasteiger partial charge in [-0.25, -0.2) is 4.98 Å². The highest BCUT2D eigenvalue weighted by molar-refractivity contribution is 9.09. The number of anilines is 1. The van der Waals surface area contributed by atoms with E-state index < -0.39 is 0 Å². The number of carbonyl (C=O) groups excluding carboxylic acids is 1. The monoisotopic (exact) mass is 270 g/mol. The number of methoxy groups -OCH3 is 1. The number of rotatable bonds is 2. The molecule has 4 nitrogen and oxygen atoms in total. The van der Waals surface area contributed by atoms with Gasteiger partial charge in [0, 0.05) is 17.8 Å². The van der Waals surface area contributed by atoms with Gasteiger partial charge in [0.05, 0.1) is 13.3 Å². The van der Waals surface area contributed by atoms with Crippen molar-refractivity contribution >= 4 is 27.7 Å². The molecule has 0 N–H and O–H groups in total. The van der Waals surface area contributed by atoms with Crippen molar-refractivity contribution in [2.24, 2.45) is 0 Å². The Hall–Kier alpha value is -1.10. The van der Waals surface area contributed by atoms with Gasteiger partial charge in [-0.3, -0.25) is 9.69 Å². The first-order valence-electron chi connectivity index (χ1n) is 4.65. The zero-order valence-electron chi connectivity index (χ0n) is 8.31. The summed E-state index contributed by atoms with van der Waals surface area (Å²) in [5, 5.41) is 0. The van der Waals surface area contributed by atoms with Gasteiger partial charge < -0.3 is 4.74 Å². The molecule has 1 aliphatic heterocycles. The number of alkyl halides is 1. The van der Waals surface area contributed by atoms with Crippen LogP contribution in [0.5, 0.6) is 5.75 Å². The van der Waals surface area contributed by atoms with Crippen LogP contribution in [-0.2, 0) is 4.79 Å². The number of carbonyl (C=O) groups is 1. The minimum Gasteiger partial charge on any atom is -0.495 e. The highest BCUT2D eigenvalue weighted by Gasteiger charge is 2.29. The quantitative estimate of drug-likeness (QED) is 0.767. The molecule has 0 spiro atoms. The number of amides is 1. The van der Waals surface area contributed by atoms with E-state index in [0.29, 0.717) is 24.5 Å². The average Bonchev–Trinajstić information content (AvgIpc) is 2.58. The van der Waals surface area contributed by atoms with E-state index in [-0.39, 0.29) is 10.7 Å². The van der Waals surface area contributed by atoms with Gasteiger partial charge >= 0.3 is 0 Å². The van der Waals surface area contributed by atoms with Crippen molar-refractivity contribution in [3.05, 3.63) is 18.3 Å². The molecule has 0 aromatic carbocycles. The third kappa shape index (κ3) is 2.12. The molecule has 1 amide bonds. The van der Waals surface area contributed by atoms with Gasteiger partial charge in [-0.05, 0) is 12.1 Å². The van der Waals surface area contributed by atoms with Gasteiger partial charge in [0.2, 0.25) is 5.91 Å². The lowest BCUT2D eigenvalue weighted by atomic mass is 10.4. The summed E-state index contributed by atoms with van der Waals surface area (Å²) < 4.78 is 5.00. The first-order chi connectivity index (χ1) is 7.20. The van der Waals surface area contributed by atoms with Crippen LogP contribution in [0.3, 0.4) is 0 Å². The summed E-state index contributed by atoms with van der Waals surface area (Å²) in [4.78, 5) is 17.6. The second kappa shape index (κ2) is 4.18. The Kier molecular flexibility index (Phi) is 2.90. The third-order valence-electron chi connectivity index (χ3n) is 2.31. The van der Waals surface area contributed by atoms with E-state index in [0.717, 1.165) is 0 Å². The second-order valence-electron chi connectivity index (χ2n) is 3.36. The summed E-state index contributed by atoms with van der Waals surface area (Å²) in [7, 11) is 1.59. The maximum Gasteiger partial charge on any atom is 0.229 e. The van der Waals surface area contributed by atoms with Crippen LogP contribution in [0, 0.1) is 0 Å². The van der Waals surface area contributed by atoms with Gasteiger partial charge in [-0.1, -0.05) is 15.9 Å². The second-order valence-corrected chi connectivity index (χ2v) is 4.66. The Morgan fingerprint density at radius 1 is 1.60 bits per heavy atom. The van der Waals surface area contributed by atoms with Crippen LogP contribution in [0.15, 0.2) is 18.3 Å². The molecule has 1 aromatic rings. The standard InChI is InChI=1S/C10H11BrN2O2/c1-15-8-2-3-9(12-5-8)13-6-7(11)4-10(13)14/h2-3,5,7H,4,6H2,1H3. The molecule has 1 fully saturated rings. The van der Waals surface area contributed by atoms with E-state index in [4.69, 9.17) is 4.74 Å². The molecular weight excluding hydrogens is 260 g/mol. The molecule has 1 saturated heterocycles. The van der Waals surface area contributed by atoms with E-state index in [2.05, 4.69) is 20.9 Å². The molecule has 2 rings (SSSR count). The number of aromatic nitrogens is 1. The van der Waals surface area contributed by atoms with Gasteiger partial charge in [-0.2, -0.15) is 0 Å². The molecule has 1 atom stereocenters. The summed E-state index contributed by atoms with van der Waals surface area (Å²) in [6, 6.07) is 3.60.